The molecular weight excluding hydrogens is 113 g/mol. The molecule has 0 saturated heterocycles. The molecular formula is C6H12BNO. The maximum atomic E-state index is 10.5. The Morgan fingerprint density at radius 1 is 1.56 bits per heavy atom. The number of carbonyl (C=O) groups is 1. The highest BCUT2D eigenvalue weighted by Crippen LogP contribution is 1.97. The van der Waals surface area contributed by atoms with Gasteiger partial charge in [-0.15, -0.1) is 0 Å². The van der Waals surface area contributed by atoms with E-state index < -0.39 is 0 Å². The van der Waals surface area contributed by atoms with Gasteiger partial charge in [-0.1, -0.05) is 19.8 Å². The third kappa shape index (κ3) is 5.41. The summed E-state index contributed by atoms with van der Waals surface area (Å²) >= 11 is 0. The zero-order valence-electron chi connectivity index (χ0n) is 5.81. The van der Waals surface area contributed by atoms with Gasteiger partial charge in [-0.2, -0.15) is 0 Å². The minimum absolute atomic E-state index is 0.0662. The van der Waals surface area contributed by atoms with E-state index in [0.717, 1.165) is 19.3 Å². The van der Waals surface area contributed by atoms with Gasteiger partial charge in [0, 0.05) is 6.42 Å². The normalized spacial score (nSPS) is 9.00. The molecule has 2 nitrogen and oxygen atoms in total. The fraction of sp³-hybridized carbons (Fsp3) is 0.833. The van der Waals surface area contributed by atoms with Crippen molar-refractivity contribution < 1.29 is 4.79 Å². The molecule has 0 heterocycles. The van der Waals surface area contributed by atoms with E-state index in [1.165, 1.54) is 0 Å². The number of hydrogen-bond donors (Lipinski definition) is 1. The predicted octanol–water partition coefficient (Wildman–Crippen LogP) is 0.766. The molecule has 0 aromatic heterocycles. The quantitative estimate of drug-likeness (QED) is 0.436. The van der Waals surface area contributed by atoms with E-state index >= 15 is 0 Å². The molecule has 50 valence electrons. The molecule has 2 radical (unpaired) electrons. The first kappa shape index (κ1) is 8.53. The lowest BCUT2D eigenvalue weighted by Crippen LogP contribution is -2.18. The average molecular weight is 125 g/mol. The van der Waals surface area contributed by atoms with E-state index in [1.807, 2.05) is 0 Å². The number of unbranched alkanes of at least 4 members (excludes halogenated alkanes) is 2. The highest BCUT2D eigenvalue weighted by molar-refractivity contribution is 6.14. The number of amides is 1. The van der Waals surface area contributed by atoms with Crippen LogP contribution >= 0.6 is 0 Å². The van der Waals surface area contributed by atoms with Gasteiger partial charge in [0.1, 0.15) is 0 Å². The number of rotatable bonds is 4. The molecule has 0 aliphatic rings. The van der Waals surface area contributed by atoms with Crippen molar-refractivity contribution >= 4 is 13.9 Å². The fourth-order valence-electron chi connectivity index (χ4n) is 0.608. The zero-order valence-corrected chi connectivity index (χ0v) is 5.81. The second kappa shape index (κ2) is 5.67. The molecule has 0 aliphatic heterocycles. The Kier molecular flexibility index (Phi) is 5.37. The summed E-state index contributed by atoms with van der Waals surface area (Å²) in [6, 6.07) is 0. The summed E-state index contributed by atoms with van der Waals surface area (Å²) in [7, 11) is 4.85. The summed E-state index contributed by atoms with van der Waals surface area (Å²) < 4.78 is 0. The summed E-state index contributed by atoms with van der Waals surface area (Å²) in [5, 5.41) is 2.08. The van der Waals surface area contributed by atoms with Crippen LogP contribution in [-0.4, -0.2) is 13.9 Å². The van der Waals surface area contributed by atoms with Crippen molar-refractivity contribution in [2.75, 3.05) is 0 Å². The number of nitrogens with one attached hydrogen (secondary N) is 1. The van der Waals surface area contributed by atoms with E-state index in [9.17, 15) is 4.79 Å². The van der Waals surface area contributed by atoms with Gasteiger partial charge in [-0.3, -0.25) is 4.79 Å². The second-order valence-corrected chi connectivity index (χ2v) is 2.02. The maximum absolute atomic E-state index is 10.5. The van der Waals surface area contributed by atoms with Crippen LogP contribution < -0.4 is 5.23 Å². The smallest absolute Gasteiger partial charge is 0.226 e. The Morgan fingerprint density at radius 3 is 2.67 bits per heavy atom. The first-order valence-corrected chi connectivity index (χ1v) is 3.30. The van der Waals surface area contributed by atoms with Crippen LogP contribution in [0.3, 0.4) is 0 Å². The Morgan fingerprint density at radius 2 is 2.22 bits per heavy atom. The van der Waals surface area contributed by atoms with Gasteiger partial charge in [0.15, 0.2) is 0 Å². The molecule has 0 spiro atoms. The van der Waals surface area contributed by atoms with Gasteiger partial charge >= 0.3 is 0 Å². The van der Waals surface area contributed by atoms with Crippen LogP contribution in [0.1, 0.15) is 32.6 Å². The molecule has 0 fully saturated rings. The van der Waals surface area contributed by atoms with Gasteiger partial charge in [0.2, 0.25) is 13.9 Å². The van der Waals surface area contributed by atoms with Crippen molar-refractivity contribution in [1.82, 2.24) is 5.23 Å². The Labute approximate surface area is 57.4 Å². The summed E-state index contributed by atoms with van der Waals surface area (Å²) in [4.78, 5) is 10.5. The molecule has 1 amide bonds. The van der Waals surface area contributed by atoms with Gasteiger partial charge in [-0.05, 0) is 6.42 Å². The molecule has 0 aromatic rings. The Hall–Kier alpha value is -0.465. The average Bonchev–Trinajstić information content (AvgIpc) is 1.89. The standard InChI is InChI=1S/C6H12BNO/c1-2-3-4-5-6(9)8-7/h2-5H2,1H3,(H,8,9). The third-order valence-corrected chi connectivity index (χ3v) is 1.17. The fourth-order valence-corrected chi connectivity index (χ4v) is 0.608. The lowest BCUT2D eigenvalue weighted by atomic mass is 10.2. The highest BCUT2D eigenvalue weighted by atomic mass is 16.1. The van der Waals surface area contributed by atoms with Crippen molar-refractivity contribution in [2.24, 2.45) is 0 Å². The van der Waals surface area contributed by atoms with Gasteiger partial charge in [0.25, 0.3) is 0 Å². The van der Waals surface area contributed by atoms with E-state index in [0.29, 0.717) is 6.42 Å². The molecule has 0 atom stereocenters. The van der Waals surface area contributed by atoms with Crippen LogP contribution in [-0.2, 0) is 4.79 Å². The monoisotopic (exact) mass is 125 g/mol. The van der Waals surface area contributed by atoms with E-state index in [2.05, 4.69) is 12.2 Å². The summed E-state index contributed by atoms with van der Waals surface area (Å²) in [5.74, 6) is -0.0662. The van der Waals surface area contributed by atoms with Crippen LogP contribution in [0.2, 0.25) is 0 Å². The van der Waals surface area contributed by atoms with Crippen molar-refractivity contribution in [3.63, 3.8) is 0 Å². The van der Waals surface area contributed by atoms with Gasteiger partial charge in [-0.25, -0.2) is 0 Å². The van der Waals surface area contributed by atoms with Crippen molar-refractivity contribution in [1.29, 1.82) is 0 Å². The topological polar surface area (TPSA) is 29.1 Å². The third-order valence-electron chi connectivity index (χ3n) is 1.17. The first-order valence-electron chi connectivity index (χ1n) is 3.30. The van der Waals surface area contributed by atoms with Crippen LogP contribution in [0.25, 0.3) is 0 Å². The van der Waals surface area contributed by atoms with E-state index in [4.69, 9.17) is 7.98 Å². The minimum Gasteiger partial charge on any atom is -0.409 e. The molecule has 0 aromatic carbocycles. The molecule has 0 bridgehead atoms. The van der Waals surface area contributed by atoms with Crippen molar-refractivity contribution in [3.8, 4) is 0 Å². The van der Waals surface area contributed by atoms with E-state index in [-0.39, 0.29) is 5.91 Å². The summed E-state index contributed by atoms with van der Waals surface area (Å²) in [6.07, 6.45) is 3.75. The number of hydrogen-bond acceptors (Lipinski definition) is 1. The largest absolute Gasteiger partial charge is 0.409 e. The molecule has 9 heavy (non-hydrogen) atoms. The molecule has 0 unspecified atom stereocenters. The Balaban J connectivity index is 2.97. The Bertz CT molecular complexity index is 85.1. The van der Waals surface area contributed by atoms with Gasteiger partial charge < -0.3 is 5.23 Å². The van der Waals surface area contributed by atoms with Crippen LogP contribution in [0.15, 0.2) is 0 Å². The molecule has 0 rings (SSSR count). The van der Waals surface area contributed by atoms with Crippen LogP contribution in [0.4, 0.5) is 0 Å². The van der Waals surface area contributed by atoms with E-state index in [1.54, 1.807) is 0 Å². The SMILES string of the molecule is [B]NC(=O)CCCCC. The second-order valence-electron chi connectivity index (χ2n) is 2.02. The highest BCUT2D eigenvalue weighted by Gasteiger charge is 1.93. The first-order chi connectivity index (χ1) is 4.31. The van der Waals surface area contributed by atoms with Crippen LogP contribution in [0.5, 0.6) is 0 Å². The predicted molar refractivity (Wildman–Crippen MR) is 38.0 cm³/mol. The molecule has 1 N–H and O–H groups in total. The summed E-state index contributed by atoms with van der Waals surface area (Å²) in [6.45, 7) is 2.10. The summed E-state index contributed by atoms with van der Waals surface area (Å²) in [5.41, 5.74) is 0. The molecule has 0 saturated carbocycles. The lowest BCUT2D eigenvalue weighted by Gasteiger charge is -1.96. The zero-order chi connectivity index (χ0) is 7.11. The van der Waals surface area contributed by atoms with Crippen molar-refractivity contribution in [3.05, 3.63) is 0 Å². The number of carbonyl (C=O) groups excluding carboxylic acids is 1. The van der Waals surface area contributed by atoms with Crippen molar-refractivity contribution in [2.45, 2.75) is 32.6 Å². The maximum Gasteiger partial charge on any atom is 0.226 e. The molecule has 3 heteroatoms. The van der Waals surface area contributed by atoms with Gasteiger partial charge in [0.05, 0.1) is 0 Å². The lowest BCUT2D eigenvalue weighted by molar-refractivity contribution is -0.119. The van der Waals surface area contributed by atoms with Crippen LogP contribution in [0, 0.1) is 0 Å². The minimum atomic E-state index is -0.0662. The molecule has 0 aliphatic carbocycles.